The van der Waals surface area contributed by atoms with Crippen LogP contribution in [0.25, 0.3) is 0 Å². The number of ether oxygens (including phenoxy) is 2. The molecule has 4 nitrogen and oxygen atoms in total. The zero-order chi connectivity index (χ0) is 16.2. The van der Waals surface area contributed by atoms with Gasteiger partial charge in [-0.25, -0.2) is 0 Å². The lowest BCUT2D eigenvalue weighted by Crippen LogP contribution is -2.43. The Morgan fingerprint density at radius 1 is 1.25 bits per heavy atom. The van der Waals surface area contributed by atoms with E-state index in [4.69, 9.17) is 9.47 Å². The Bertz CT molecular complexity index is 624. The second-order valence-corrected chi connectivity index (χ2v) is 7.87. The van der Waals surface area contributed by atoms with Crippen LogP contribution in [0.3, 0.4) is 0 Å². The molecule has 0 aliphatic carbocycles. The number of nitrogens with zero attached hydrogens (tertiary/aromatic N) is 2. The monoisotopic (exact) mass is 344 g/mol. The van der Waals surface area contributed by atoms with Crippen molar-refractivity contribution in [1.82, 2.24) is 9.88 Å². The molecule has 0 bridgehead atoms. The molecule has 1 atom stereocenters. The number of rotatable bonds is 5. The van der Waals surface area contributed by atoms with Crippen molar-refractivity contribution in [3.63, 3.8) is 0 Å². The van der Waals surface area contributed by atoms with E-state index in [1.165, 1.54) is 10.4 Å². The average molecular weight is 344 g/mol. The molecule has 2 aromatic heterocycles. The van der Waals surface area contributed by atoms with Gasteiger partial charge in [0, 0.05) is 43.3 Å². The molecule has 2 fully saturated rings. The van der Waals surface area contributed by atoms with Gasteiger partial charge in [-0.3, -0.25) is 9.88 Å². The van der Waals surface area contributed by atoms with E-state index in [1.54, 1.807) is 0 Å². The van der Waals surface area contributed by atoms with Gasteiger partial charge in [0.2, 0.25) is 0 Å². The lowest BCUT2D eigenvalue weighted by molar-refractivity contribution is -0.0467. The fourth-order valence-electron chi connectivity index (χ4n) is 3.69. The van der Waals surface area contributed by atoms with Crippen molar-refractivity contribution in [2.24, 2.45) is 0 Å². The summed E-state index contributed by atoms with van der Waals surface area (Å²) >= 11 is 1.85. The topological polar surface area (TPSA) is 34.6 Å². The maximum Gasteiger partial charge on any atom is 0.0840 e. The molecule has 5 heteroatoms. The van der Waals surface area contributed by atoms with Gasteiger partial charge in [-0.2, -0.15) is 0 Å². The number of aromatic nitrogens is 1. The van der Waals surface area contributed by atoms with Gasteiger partial charge in [0.05, 0.1) is 24.9 Å². The SMILES string of the molecule is c1csc(CN2CCC3(CC2)C[C@@H](OCc2ccncc2)CO3)c1. The second-order valence-electron chi connectivity index (χ2n) is 6.84. The number of piperidine rings is 1. The zero-order valence-electron chi connectivity index (χ0n) is 13.9. The van der Waals surface area contributed by atoms with Crippen molar-refractivity contribution >= 4 is 11.3 Å². The standard InChI is InChI=1S/C19H24N2O2S/c1-2-18(24-11-1)13-21-9-5-19(6-10-21)12-17(15-23-19)22-14-16-3-7-20-8-4-16/h1-4,7-8,11,17H,5-6,9-10,12-15H2/t17-/m1/s1. The van der Waals surface area contributed by atoms with Gasteiger partial charge in [0.25, 0.3) is 0 Å². The molecule has 4 heterocycles. The lowest BCUT2D eigenvalue weighted by Gasteiger charge is -2.38. The third-order valence-electron chi connectivity index (χ3n) is 5.14. The molecule has 0 aromatic carbocycles. The van der Waals surface area contributed by atoms with Crippen LogP contribution in [0.1, 0.15) is 29.7 Å². The highest BCUT2D eigenvalue weighted by molar-refractivity contribution is 7.09. The first-order valence-corrected chi connectivity index (χ1v) is 9.59. The molecular formula is C19H24N2O2S. The van der Waals surface area contributed by atoms with Crippen molar-refractivity contribution in [3.8, 4) is 0 Å². The van der Waals surface area contributed by atoms with Crippen LogP contribution in [0.15, 0.2) is 42.0 Å². The van der Waals surface area contributed by atoms with Gasteiger partial charge in [0.15, 0.2) is 0 Å². The summed E-state index contributed by atoms with van der Waals surface area (Å²) in [4.78, 5) is 8.05. The summed E-state index contributed by atoms with van der Waals surface area (Å²) in [7, 11) is 0. The normalized spacial score (nSPS) is 23.8. The Hall–Kier alpha value is -1.27. The molecule has 0 N–H and O–H groups in total. The number of hydrogen-bond acceptors (Lipinski definition) is 5. The third kappa shape index (κ3) is 3.86. The third-order valence-corrected chi connectivity index (χ3v) is 6.00. The Kier molecular flexibility index (Phi) is 4.94. The Balaban J connectivity index is 1.24. The minimum absolute atomic E-state index is 0.0505. The molecule has 24 heavy (non-hydrogen) atoms. The zero-order valence-corrected chi connectivity index (χ0v) is 14.7. The van der Waals surface area contributed by atoms with E-state index in [-0.39, 0.29) is 11.7 Å². The molecule has 2 aliphatic rings. The molecule has 0 amide bonds. The largest absolute Gasteiger partial charge is 0.372 e. The second kappa shape index (κ2) is 7.31. The van der Waals surface area contributed by atoms with Crippen molar-refractivity contribution in [1.29, 1.82) is 0 Å². The maximum atomic E-state index is 6.20. The van der Waals surface area contributed by atoms with Crippen LogP contribution >= 0.6 is 11.3 Å². The van der Waals surface area contributed by atoms with Gasteiger partial charge >= 0.3 is 0 Å². The van der Waals surface area contributed by atoms with Crippen LogP contribution in [-0.4, -0.2) is 41.3 Å². The summed E-state index contributed by atoms with van der Waals surface area (Å²) in [5.74, 6) is 0. The smallest absolute Gasteiger partial charge is 0.0840 e. The van der Waals surface area contributed by atoms with Crippen molar-refractivity contribution in [2.45, 2.75) is 44.1 Å². The fraction of sp³-hybridized carbons (Fsp3) is 0.526. The predicted octanol–water partition coefficient (Wildman–Crippen LogP) is 3.48. The predicted molar refractivity (Wildman–Crippen MR) is 94.9 cm³/mol. The van der Waals surface area contributed by atoms with Crippen molar-refractivity contribution in [3.05, 3.63) is 52.5 Å². The molecule has 1 spiro atoms. The highest BCUT2D eigenvalue weighted by Crippen LogP contribution is 2.37. The van der Waals surface area contributed by atoms with E-state index >= 15 is 0 Å². The summed E-state index contributed by atoms with van der Waals surface area (Å²) in [6, 6.07) is 8.38. The van der Waals surface area contributed by atoms with Crippen LogP contribution in [-0.2, 0) is 22.6 Å². The summed E-state index contributed by atoms with van der Waals surface area (Å²) < 4.78 is 12.3. The summed E-state index contributed by atoms with van der Waals surface area (Å²) in [6.07, 6.45) is 7.12. The van der Waals surface area contributed by atoms with Crippen LogP contribution in [0.5, 0.6) is 0 Å². The number of pyridine rings is 1. The molecule has 2 aromatic rings. The first kappa shape index (κ1) is 16.2. The van der Waals surface area contributed by atoms with E-state index < -0.39 is 0 Å². The van der Waals surface area contributed by atoms with Crippen LogP contribution in [0.4, 0.5) is 0 Å². The molecule has 2 saturated heterocycles. The Morgan fingerprint density at radius 2 is 2.08 bits per heavy atom. The van der Waals surface area contributed by atoms with Crippen LogP contribution in [0, 0.1) is 0 Å². The van der Waals surface area contributed by atoms with E-state index in [2.05, 4.69) is 27.4 Å². The minimum atomic E-state index is 0.0505. The summed E-state index contributed by atoms with van der Waals surface area (Å²) in [5, 5.41) is 2.16. The molecule has 0 saturated carbocycles. The van der Waals surface area contributed by atoms with Gasteiger partial charge < -0.3 is 9.47 Å². The minimum Gasteiger partial charge on any atom is -0.372 e. The fourth-order valence-corrected chi connectivity index (χ4v) is 4.44. The number of likely N-dealkylation sites (tertiary alicyclic amines) is 1. The Labute approximate surface area is 147 Å². The lowest BCUT2D eigenvalue weighted by atomic mass is 9.88. The highest BCUT2D eigenvalue weighted by Gasteiger charge is 2.43. The van der Waals surface area contributed by atoms with Crippen molar-refractivity contribution in [2.75, 3.05) is 19.7 Å². The van der Waals surface area contributed by atoms with E-state index in [1.807, 2.05) is 35.9 Å². The van der Waals surface area contributed by atoms with E-state index in [0.29, 0.717) is 6.61 Å². The van der Waals surface area contributed by atoms with E-state index in [0.717, 1.165) is 45.5 Å². The van der Waals surface area contributed by atoms with E-state index in [9.17, 15) is 0 Å². The van der Waals surface area contributed by atoms with Gasteiger partial charge in [-0.05, 0) is 42.0 Å². The van der Waals surface area contributed by atoms with Crippen LogP contribution < -0.4 is 0 Å². The molecule has 0 unspecified atom stereocenters. The first-order valence-electron chi connectivity index (χ1n) is 8.71. The highest BCUT2D eigenvalue weighted by atomic mass is 32.1. The number of hydrogen-bond donors (Lipinski definition) is 0. The average Bonchev–Trinajstić information content (AvgIpc) is 3.27. The van der Waals surface area contributed by atoms with Crippen molar-refractivity contribution < 1.29 is 9.47 Å². The first-order chi connectivity index (χ1) is 11.8. The molecule has 4 rings (SSSR count). The number of thiophene rings is 1. The summed E-state index contributed by atoms with van der Waals surface area (Å²) in [5.41, 5.74) is 1.23. The molecular weight excluding hydrogens is 320 g/mol. The quantitative estimate of drug-likeness (QED) is 0.832. The van der Waals surface area contributed by atoms with Crippen LogP contribution in [0.2, 0.25) is 0 Å². The Morgan fingerprint density at radius 3 is 2.83 bits per heavy atom. The van der Waals surface area contributed by atoms with Gasteiger partial charge in [-0.15, -0.1) is 11.3 Å². The van der Waals surface area contributed by atoms with Gasteiger partial charge in [0.1, 0.15) is 0 Å². The molecule has 0 radical (unpaired) electrons. The summed E-state index contributed by atoms with van der Waals surface area (Å²) in [6.45, 7) is 4.70. The van der Waals surface area contributed by atoms with Gasteiger partial charge in [-0.1, -0.05) is 6.07 Å². The maximum absolute atomic E-state index is 6.20. The molecule has 128 valence electrons. The molecule has 2 aliphatic heterocycles.